The summed E-state index contributed by atoms with van der Waals surface area (Å²) >= 11 is 2.62. The minimum atomic E-state index is -1.06. The molecule has 22 heavy (non-hydrogen) atoms. The fraction of sp³-hybridized carbons (Fsp3) is 0.286. The molecular formula is C14H14N2O4S2. The van der Waals surface area contributed by atoms with Gasteiger partial charge in [-0.05, 0) is 11.4 Å². The molecule has 2 aromatic heterocycles. The van der Waals surface area contributed by atoms with Crippen molar-refractivity contribution >= 4 is 40.3 Å². The lowest BCUT2D eigenvalue weighted by atomic mass is 10.2. The van der Waals surface area contributed by atoms with Crippen molar-refractivity contribution in [2.24, 2.45) is 0 Å². The number of ketones is 1. The zero-order valence-corrected chi connectivity index (χ0v) is 13.2. The van der Waals surface area contributed by atoms with Crippen molar-refractivity contribution < 1.29 is 19.5 Å². The maximum absolute atomic E-state index is 11.7. The average Bonchev–Trinajstić information content (AvgIpc) is 3.16. The Morgan fingerprint density at radius 3 is 2.68 bits per heavy atom. The molecule has 0 aliphatic rings. The van der Waals surface area contributed by atoms with Gasteiger partial charge in [-0.15, -0.1) is 22.7 Å². The largest absolute Gasteiger partial charge is 0.476 e. The van der Waals surface area contributed by atoms with Crippen molar-refractivity contribution in [1.29, 1.82) is 0 Å². The Kier molecular flexibility index (Phi) is 5.79. The van der Waals surface area contributed by atoms with Crippen LogP contribution in [0.4, 0.5) is 0 Å². The van der Waals surface area contributed by atoms with Crippen LogP contribution in [-0.4, -0.2) is 34.3 Å². The number of aromatic nitrogens is 1. The summed E-state index contributed by atoms with van der Waals surface area (Å²) in [5.41, 5.74) is 0.0212. The smallest absolute Gasteiger partial charge is 0.355 e. The first kappa shape index (κ1) is 16.3. The van der Waals surface area contributed by atoms with Crippen molar-refractivity contribution in [1.82, 2.24) is 10.3 Å². The minimum absolute atomic E-state index is 0.0212. The normalized spacial score (nSPS) is 10.4. The topological polar surface area (TPSA) is 96.4 Å². The number of aromatic carboxylic acids is 1. The summed E-state index contributed by atoms with van der Waals surface area (Å²) in [5.74, 6) is -1.28. The van der Waals surface area contributed by atoms with Crippen LogP contribution in [0.1, 0.15) is 38.0 Å². The molecule has 0 aliphatic carbocycles. The molecule has 0 atom stereocenters. The number of amides is 1. The highest BCUT2D eigenvalue weighted by atomic mass is 32.1. The monoisotopic (exact) mass is 338 g/mol. The molecule has 0 spiro atoms. The highest BCUT2D eigenvalue weighted by Gasteiger charge is 2.11. The first-order valence-corrected chi connectivity index (χ1v) is 8.33. The number of nitrogens with zero attached hydrogens (tertiary/aromatic N) is 1. The quantitative estimate of drug-likeness (QED) is 0.720. The zero-order chi connectivity index (χ0) is 15.9. The summed E-state index contributed by atoms with van der Waals surface area (Å²) in [7, 11) is 0. The van der Waals surface area contributed by atoms with Gasteiger partial charge in [0.05, 0.1) is 9.88 Å². The predicted molar refractivity (Wildman–Crippen MR) is 83.7 cm³/mol. The van der Waals surface area contributed by atoms with Crippen molar-refractivity contribution in [2.45, 2.75) is 19.3 Å². The number of thiophene rings is 1. The molecule has 0 saturated heterocycles. The van der Waals surface area contributed by atoms with Gasteiger partial charge in [-0.3, -0.25) is 9.59 Å². The SMILES string of the molecule is O=C(CCC(=O)c1cccs1)NCCc1nc(C(=O)O)cs1. The fourth-order valence-electron chi connectivity index (χ4n) is 1.71. The van der Waals surface area contributed by atoms with E-state index in [9.17, 15) is 14.4 Å². The molecule has 2 heterocycles. The molecule has 2 aromatic rings. The summed E-state index contributed by atoms with van der Waals surface area (Å²) in [6.45, 7) is 0.374. The number of carboxylic acids is 1. The van der Waals surface area contributed by atoms with E-state index in [4.69, 9.17) is 5.11 Å². The van der Waals surface area contributed by atoms with Crippen LogP contribution in [-0.2, 0) is 11.2 Å². The number of Topliss-reactive ketones (excluding diaryl/α,β-unsaturated/α-hetero) is 1. The molecule has 0 unspecified atom stereocenters. The van der Waals surface area contributed by atoms with Crippen LogP contribution >= 0.6 is 22.7 Å². The summed E-state index contributed by atoms with van der Waals surface area (Å²) < 4.78 is 0. The van der Waals surface area contributed by atoms with Crippen molar-refractivity contribution in [3.8, 4) is 0 Å². The minimum Gasteiger partial charge on any atom is -0.476 e. The maximum Gasteiger partial charge on any atom is 0.355 e. The van der Waals surface area contributed by atoms with Gasteiger partial charge in [0.2, 0.25) is 5.91 Å². The predicted octanol–water partition coefficient (Wildman–Crippen LogP) is 2.22. The van der Waals surface area contributed by atoms with E-state index in [-0.39, 0.29) is 30.2 Å². The van der Waals surface area contributed by atoms with Gasteiger partial charge in [0, 0.05) is 31.2 Å². The van der Waals surface area contributed by atoms with E-state index in [1.807, 2.05) is 5.38 Å². The third-order valence-electron chi connectivity index (χ3n) is 2.81. The van der Waals surface area contributed by atoms with E-state index >= 15 is 0 Å². The summed E-state index contributed by atoms with van der Waals surface area (Å²) in [5, 5.41) is 15.4. The number of hydrogen-bond donors (Lipinski definition) is 2. The Labute approximate surface area is 134 Å². The van der Waals surface area contributed by atoms with Crippen LogP contribution in [0.2, 0.25) is 0 Å². The summed E-state index contributed by atoms with van der Waals surface area (Å²) in [6.07, 6.45) is 0.810. The van der Waals surface area contributed by atoms with Crippen molar-refractivity contribution in [3.63, 3.8) is 0 Å². The van der Waals surface area contributed by atoms with E-state index < -0.39 is 5.97 Å². The summed E-state index contributed by atoms with van der Waals surface area (Å²) in [4.78, 5) is 38.7. The molecule has 2 rings (SSSR count). The van der Waals surface area contributed by atoms with Crippen molar-refractivity contribution in [3.05, 3.63) is 38.5 Å². The van der Waals surface area contributed by atoms with Gasteiger partial charge in [0.15, 0.2) is 11.5 Å². The van der Waals surface area contributed by atoms with Gasteiger partial charge in [0.25, 0.3) is 0 Å². The number of thiazole rings is 1. The molecule has 0 radical (unpaired) electrons. The van der Waals surface area contributed by atoms with E-state index in [1.54, 1.807) is 12.1 Å². The molecule has 0 aliphatic heterocycles. The van der Waals surface area contributed by atoms with Gasteiger partial charge >= 0.3 is 5.97 Å². The van der Waals surface area contributed by atoms with Crippen LogP contribution in [0, 0.1) is 0 Å². The molecule has 8 heteroatoms. The van der Waals surface area contributed by atoms with E-state index in [2.05, 4.69) is 10.3 Å². The summed E-state index contributed by atoms with van der Waals surface area (Å²) in [6, 6.07) is 3.55. The lowest BCUT2D eigenvalue weighted by Gasteiger charge is -2.03. The maximum atomic E-state index is 11.7. The standard InChI is InChI=1S/C14H14N2O4S2/c17-10(11-2-1-7-21-11)3-4-12(18)15-6-5-13-16-9(8-22-13)14(19)20/h1-2,7-8H,3-6H2,(H,15,18)(H,19,20). The van der Waals surface area contributed by atoms with Gasteiger partial charge in [0.1, 0.15) is 0 Å². The Morgan fingerprint density at radius 1 is 1.23 bits per heavy atom. The third kappa shape index (κ3) is 4.74. The molecule has 1 amide bonds. The van der Waals surface area contributed by atoms with Crippen LogP contribution in [0.5, 0.6) is 0 Å². The average molecular weight is 338 g/mol. The fourth-order valence-corrected chi connectivity index (χ4v) is 3.18. The highest BCUT2D eigenvalue weighted by molar-refractivity contribution is 7.12. The number of carbonyl (C=O) groups excluding carboxylic acids is 2. The van der Waals surface area contributed by atoms with Crippen LogP contribution < -0.4 is 5.32 Å². The van der Waals surface area contributed by atoms with Gasteiger partial charge in [-0.25, -0.2) is 9.78 Å². The first-order valence-electron chi connectivity index (χ1n) is 6.57. The van der Waals surface area contributed by atoms with E-state index in [0.29, 0.717) is 22.9 Å². The molecular weight excluding hydrogens is 324 g/mol. The van der Waals surface area contributed by atoms with Gasteiger partial charge in [-0.1, -0.05) is 6.07 Å². The molecule has 0 saturated carbocycles. The van der Waals surface area contributed by atoms with Crippen LogP contribution in [0.15, 0.2) is 22.9 Å². The number of hydrogen-bond acceptors (Lipinski definition) is 6. The van der Waals surface area contributed by atoms with Crippen LogP contribution in [0.25, 0.3) is 0 Å². The van der Waals surface area contributed by atoms with Gasteiger partial charge < -0.3 is 10.4 Å². The van der Waals surface area contributed by atoms with E-state index in [0.717, 1.165) is 0 Å². The van der Waals surface area contributed by atoms with E-state index in [1.165, 1.54) is 28.1 Å². The molecule has 116 valence electrons. The second kappa shape index (κ2) is 7.81. The Balaban J connectivity index is 1.67. The zero-order valence-electron chi connectivity index (χ0n) is 11.6. The first-order chi connectivity index (χ1) is 10.6. The Bertz CT molecular complexity index is 664. The molecule has 2 N–H and O–H groups in total. The second-order valence-corrected chi connectivity index (χ2v) is 6.32. The van der Waals surface area contributed by atoms with Crippen molar-refractivity contribution in [2.75, 3.05) is 6.54 Å². The number of nitrogens with one attached hydrogen (secondary N) is 1. The molecule has 6 nitrogen and oxygen atoms in total. The molecule has 0 fully saturated rings. The lowest BCUT2D eigenvalue weighted by molar-refractivity contribution is -0.121. The van der Waals surface area contributed by atoms with Crippen LogP contribution in [0.3, 0.4) is 0 Å². The Morgan fingerprint density at radius 2 is 2.05 bits per heavy atom. The third-order valence-corrected chi connectivity index (χ3v) is 4.63. The van der Waals surface area contributed by atoms with Gasteiger partial charge in [-0.2, -0.15) is 0 Å². The number of carbonyl (C=O) groups is 3. The highest BCUT2D eigenvalue weighted by Crippen LogP contribution is 2.12. The lowest BCUT2D eigenvalue weighted by Crippen LogP contribution is -2.26. The Hall–Kier alpha value is -2.06. The second-order valence-electron chi connectivity index (χ2n) is 4.43. The molecule has 0 bridgehead atoms. The number of carboxylic acid groups (broad SMARTS) is 1. The number of rotatable bonds is 8. The molecule has 0 aromatic carbocycles.